The minimum absolute atomic E-state index is 0.0341. The number of anilines is 1. The molecule has 2 aliphatic carbocycles. The van der Waals surface area contributed by atoms with Gasteiger partial charge in [0.05, 0.1) is 11.8 Å². The molecular weight excluding hydrogens is 407 g/mol. The van der Waals surface area contributed by atoms with Gasteiger partial charge in [0, 0.05) is 12.2 Å². The maximum Gasteiger partial charge on any atom is 0.401 e. The van der Waals surface area contributed by atoms with Crippen LogP contribution in [0.25, 0.3) is 0 Å². The highest BCUT2D eigenvalue weighted by molar-refractivity contribution is 7.90. The van der Waals surface area contributed by atoms with E-state index in [1.807, 2.05) is 4.72 Å². The van der Waals surface area contributed by atoms with Crippen molar-refractivity contribution in [1.29, 1.82) is 0 Å². The Balaban J connectivity index is 1.44. The Morgan fingerprint density at radius 2 is 1.72 bits per heavy atom. The van der Waals surface area contributed by atoms with Crippen LogP contribution in [0.4, 0.5) is 23.7 Å². The van der Waals surface area contributed by atoms with Crippen molar-refractivity contribution in [3.63, 3.8) is 0 Å². The van der Waals surface area contributed by atoms with Gasteiger partial charge in [0.1, 0.15) is 0 Å². The van der Waals surface area contributed by atoms with Crippen LogP contribution in [0, 0.1) is 0 Å². The summed E-state index contributed by atoms with van der Waals surface area (Å²) in [6.07, 6.45) is 1.29. The number of urea groups is 1. The number of sulfonamides is 1. The summed E-state index contributed by atoms with van der Waals surface area (Å²) in [6, 6.07) is 1.37. The van der Waals surface area contributed by atoms with Gasteiger partial charge < -0.3 is 5.32 Å². The molecule has 0 bridgehead atoms. The number of likely N-dealkylation sites (tertiary alicyclic amines) is 1. The van der Waals surface area contributed by atoms with Crippen LogP contribution in [0.5, 0.6) is 0 Å². The average Bonchev–Trinajstić information content (AvgIpc) is 3.31. The number of benzene rings is 1. The van der Waals surface area contributed by atoms with Gasteiger partial charge in [0.2, 0.25) is 10.0 Å². The quantitative estimate of drug-likeness (QED) is 0.769. The first kappa shape index (κ1) is 20.5. The number of nitrogens with one attached hydrogen (secondary N) is 2. The second kappa shape index (κ2) is 7.46. The fourth-order valence-electron chi connectivity index (χ4n) is 4.77. The Kier molecular flexibility index (Phi) is 5.27. The van der Waals surface area contributed by atoms with Crippen LogP contribution in [-0.4, -0.2) is 50.4 Å². The lowest BCUT2D eigenvalue weighted by molar-refractivity contribution is -0.143. The predicted octanol–water partition coefficient (Wildman–Crippen LogP) is 2.75. The van der Waals surface area contributed by atoms with Crippen LogP contribution in [0.1, 0.15) is 41.5 Å². The molecule has 3 aliphatic rings. The zero-order chi connectivity index (χ0) is 20.8. The Bertz CT molecular complexity index is 899. The number of amides is 2. The molecule has 2 N–H and O–H groups in total. The number of hydrogen-bond acceptors (Lipinski definition) is 4. The Labute approximate surface area is 167 Å². The summed E-state index contributed by atoms with van der Waals surface area (Å²) in [5.74, 6) is 0. The molecule has 1 aromatic rings. The Morgan fingerprint density at radius 3 is 2.31 bits per heavy atom. The van der Waals surface area contributed by atoms with Crippen LogP contribution in [0.2, 0.25) is 0 Å². The summed E-state index contributed by atoms with van der Waals surface area (Å²) in [6.45, 7) is -1.35. The van der Waals surface area contributed by atoms with Gasteiger partial charge in [-0.25, -0.2) is 17.9 Å². The van der Waals surface area contributed by atoms with Crippen LogP contribution < -0.4 is 10.0 Å². The Morgan fingerprint density at radius 1 is 1.10 bits per heavy atom. The first-order valence-corrected chi connectivity index (χ1v) is 11.5. The smallest absolute Gasteiger partial charge is 0.307 e. The fraction of sp³-hybridized carbons (Fsp3) is 0.632. The predicted molar refractivity (Wildman–Crippen MR) is 102 cm³/mol. The second-order valence-corrected chi connectivity index (χ2v) is 10.1. The molecule has 10 heteroatoms. The minimum Gasteiger partial charge on any atom is -0.307 e. The first-order chi connectivity index (χ1) is 13.6. The van der Waals surface area contributed by atoms with Gasteiger partial charge in [-0.2, -0.15) is 13.2 Å². The van der Waals surface area contributed by atoms with Gasteiger partial charge in [0.25, 0.3) is 0 Å². The van der Waals surface area contributed by atoms with E-state index in [0.29, 0.717) is 0 Å². The van der Waals surface area contributed by atoms with E-state index in [1.54, 1.807) is 0 Å². The molecule has 4 rings (SSSR count). The highest BCUT2D eigenvalue weighted by atomic mass is 32.2. The minimum atomic E-state index is -4.38. The molecule has 1 aliphatic heterocycles. The second-order valence-electron chi connectivity index (χ2n) is 8.10. The third-order valence-corrected chi connectivity index (χ3v) is 7.75. The first-order valence-electron chi connectivity index (χ1n) is 9.90. The van der Waals surface area contributed by atoms with E-state index in [9.17, 15) is 26.4 Å². The van der Waals surface area contributed by atoms with Gasteiger partial charge in [-0.3, -0.25) is 4.90 Å². The number of hydrogen-bond donors (Lipinski definition) is 2. The third kappa shape index (κ3) is 4.37. The number of aryl methyl sites for hydroxylation is 2. The standard InChI is InChI=1S/C19H24F3N3O3S/c20-19(21,22)11-25-8-7-14(10-25)29(27,28)24-18(26)23-17-15-5-1-3-12(15)9-13-4-2-6-16(13)17/h9,14H,1-8,10-11H2,(H2,23,24,26). The van der Waals surface area contributed by atoms with Crippen LogP contribution in [-0.2, 0) is 35.7 Å². The molecule has 1 atom stereocenters. The summed E-state index contributed by atoms with van der Waals surface area (Å²) < 4.78 is 64.7. The molecular formula is C19H24F3N3O3S. The van der Waals surface area contributed by atoms with Gasteiger partial charge in [0.15, 0.2) is 0 Å². The van der Waals surface area contributed by atoms with E-state index < -0.39 is 34.0 Å². The van der Waals surface area contributed by atoms with E-state index in [1.165, 1.54) is 11.1 Å². The monoisotopic (exact) mass is 431 g/mol. The zero-order valence-corrected chi connectivity index (χ0v) is 16.8. The van der Waals surface area contributed by atoms with Crippen LogP contribution >= 0.6 is 0 Å². The van der Waals surface area contributed by atoms with Gasteiger partial charge >= 0.3 is 12.2 Å². The molecule has 0 aromatic heterocycles. The molecule has 1 aromatic carbocycles. The Hall–Kier alpha value is -1.81. The molecule has 6 nitrogen and oxygen atoms in total. The lowest BCUT2D eigenvalue weighted by Crippen LogP contribution is -2.42. The van der Waals surface area contributed by atoms with E-state index in [2.05, 4.69) is 11.4 Å². The van der Waals surface area contributed by atoms with Crippen molar-refractivity contribution in [3.8, 4) is 0 Å². The maximum absolute atomic E-state index is 12.5. The van der Waals surface area contributed by atoms with E-state index in [4.69, 9.17) is 0 Å². The molecule has 0 saturated carbocycles. The van der Waals surface area contributed by atoms with Crippen molar-refractivity contribution in [3.05, 3.63) is 28.3 Å². The number of nitrogens with zero attached hydrogens (tertiary/aromatic N) is 1. The molecule has 29 heavy (non-hydrogen) atoms. The number of rotatable bonds is 4. The normalized spacial score (nSPS) is 21.8. The highest BCUT2D eigenvalue weighted by Crippen LogP contribution is 2.38. The zero-order valence-electron chi connectivity index (χ0n) is 15.9. The third-order valence-electron chi connectivity index (χ3n) is 6.02. The van der Waals surface area contributed by atoms with Gasteiger partial charge in [-0.15, -0.1) is 0 Å². The maximum atomic E-state index is 12.5. The van der Waals surface area contributed by atoms with Crippen molar-refractivity contribution in [2.45, 2.75) is 56.4 Å². The largest absolute Gasteiger partial charge is 0.401 e. The van der Waals surface area contributed by atoms with Crippen LogP contribution in [0.15, 0.2) is 6.07 Å². The lowest BCUT2D eigenvalue weighted by atomic mass is 9.99. The number of carbonyl (C=O) groups is 1. The van der Waals surface area contributed by atoms with Crippen LogP contribution in [0.3, 0.4) is 0 Å². The molecule has 1 heterocycles. The number of alkyl halides is 3. The van der Waals surface area contributed by atoms with E-state index >= 15 is 0 Å². The highest BCUT2D eigenvalue weighted by Gasteiger charge is 2.39. The van der Waals surface area contributed by atoms with E-state index in [-0.39, 0.29) is 19.5 Å². The summed E-state index contributed by atoms with van der Waals surface area (Å²) in [4.78, 5) is 13.6. The SMILES string of the molecule is O=C(Nc1c2c(cc3c1CCC3)CCC2)NS(=O)(=O)C1CCN(CC(F)(F)F)C1. The van der Waals surface area contributed by atoms with Gasteiger partial charge in [-0.1, -0.05) is 6.07 Å². The molecule has 0 spiro atoms. The topological polar surface area (TPSA) is 78.5 Å². The number of halogens is 3. The van der Waals surface area contributed by atoms with E-state index in [0.717, 1.165) is 60.2 Å². The molecule has 0 radical (unpaired) electrons. The molecule has 2 amide bonds. The lowest BCUT2D eigenvalue weighted by Gasteiger charge is -2.19. The van der Waals surface area contributed by atoms with Crippen molar-refractivity contribution in [2.24, 2.45) is 0 Å². The average molecular weight is 431 g/mol. The fourth-order valence-corrected chi connectivity index (χ4v) is 6.07. The summed E-state index contributed by atoms with van der Waals surface area (Å²) in [5.41, 5.74) is 5.31. The number of fused-ring (bicyclic) bond motifs is 2. The molecule has 1 saturated heterocycles. The number of carbonyl (C=O) groups excluding carboxylic acids is 1. The molecule has 1 fully saturated rings. The summed E-state index contributed by atoms with van der Waals surface area (Å²) in [5, 5.41) is 1.71. The summed E-state index contributed by atoms with van der Waals surface area (Å²) in [7, 11) is -4.07. The van der Waals surface area contributed by atoms with Gasteiger partial charge in [-0.05, 0) is 73.7 Å². The molecule has 160 valence electrons. The summed E-state index contributed by atoms with van der Waals surface area (Å²) >= 11 is 0. The van der Waals surface area contributed by atoms with Crippen molar-refractivity contribution >= 4 is 21.7 Å². The van der Waals surface area contributed by atoms with Crippen molar-refractivity contribution in [2.75, 3.05) is 25.0 Å². The van der Waals surface area contributed by atoms with Crippen molar-refractivity contribution in [1.82, 2.24) is 9.62 Å². The molecule has 1 unspecified atom stereocenters. The van der Waals surface area contributed by atoms with Crippen molar-refractivity contribution < 1.29 is 26.4 Å².